The molecule has 0 fully saturated rings. The van der Waals surface area contributed by atoms with Crippen molar-refractivity contribution in [2.45, 2.75) is 19.4 Å². The summed E-state index contributed by atoms with van der Waals surface area (Å²) in [5.74, 6) is 0. The molecule has 3 N–H and O–H groups in total. The van der Waals surface area contributed by atoms with Crippen LogP contribution in [0.25, 0.3) is 10.9 Å². The van der Waals surface area contributed by atoms with Gasteiger partial charge >= 0.3 is 5.69 Å². The van der Waals surface area contributed by atoms with E-state index in [4.69, 9.17) is 5.73 Å². The van der Waals surface area contributed by atoms with Crippen molar-refractivity contribution in [2.24, 2.45) is 5.73 Å². The van der Waals surface area contributed by atoms with Gasteiger partial charge in [0.2, 0.25) is 0 Å². The van der Waals surface area contributed by atoms with Crippen molar-refractivity contribution in [2.75, 3.05) is 0 Å². The monoisotopic (exact) mass is 281 g/mol. The summed E-state index contributed by atoms with van der Waals surface area (Å²) < 4.78 is 0.821. The molecule has 1 atom stereocenters. The van der Waals surface area contributed by atoms with Gasteiger partial charge in [0.1, 0.15) is 0 Å². The van der Waals surface area contributed by atoms with Crippen molar-refractivity contribution >= 4 is 26.8 Å². The molecule has 1 aromatic heterocycles. The lowest BCUT2D eigenvalue weighted by atomic mass is 10.1. The zero-order valence-electron chi connectivity index (χ0n) is 8.83. The highest BCUT2D eigenvalue weighted by atomic mass is 79.9. The number of para-hydroxylation sites is 1. The summed E-state index contributed by atoms with van der Waals surface area (Å²) in [6.07, 6.45) is 0.630. The molecule has 1 unspecified atom stereocenters. The van der Waals surface area contributed by atoms with Gasteiger partial charge in [0.15, 0.2) is 0 Å². The van der Waals surface area contributed by atoms with Gasteiger partial charge in [-0.05, 0) is 28.9 Å². The summed E-state index contributed by atoms with van der Waals surface area (Å²) in [6.45, 7) is 1.91. The fourth-order valence-electron chi connectivity index (χ4n) is 1.68. The molecule has 0 aliphatic heterocycles. The van der Waals surface area contributed by atoms with Gasteiger partial charge in [0.05, 0.1) is 5.52 Å². The Balaban J connectivity index is 2.73. The van der Waals surface area contributed by atoms with Crippen LogP contribution in [0.3, 0.4) is 0 Å². The lowest BCUT2D eigenvalue weighted by Gasteiger charge is -2.08. The maximum Gasteiger partial charge on any atom is 0.345 e. The average Bonchev–Trinajstić information content (AvgIpc) is 2.18. The van der Waals surface area contributed by atoms with Crippen molar-refractivity contribution in [1.29, 1.82) is 0 Å². The van der Waals surface area contributed by atoms with E-state index in [1.54, 1.807) is 0 Å². The predicted molar refractivity (Wildman–Crippen MR) is 67.4 cm³/mol. The number of hydrogen-bond acceptors (Lipinski definition) is 3. The second-order valence-corrected chi connectivity index (χ2v) is 4.69. The van der Waals surface area contributed by atoms with Crippen LogP contribution in [0, 0.1) is 0 Å². The molecule has 2 aromatic rings. The first-order chi connectivity index (χ1) is 7.58. The molecule has 4 nitrogen and oxygen atoms in total. The quantitative estimate of drug-likeness (QED) is 0.878. The van der Waals surface area contributed by atoms with E-state index in [9.17, 15) is 4.79 Å². The molecule has 84 valence electrons. The Morgan fingerprint density at radius 3 is 3.00 bits per heavy atom. The zero-order chi connectivity index (χ0) is 11.7. The third-order valence-electron chi connectivity index (χ3n) is 2.31. The maximum absolute atomic E-state index is 11.4. The summed E-state index contributed by atoms with van der Waals surface area (Å²) in [5.41, 5.74) is 6.93. The first-order valence-corrected chi connectivity index (χ1v) is 5.80. The van der Waals surface area contributed by atoms with Crippen LogP contribution in [-0.2, 0) is 6.42 Å². The Bertz CT molecular complexity index is 577. The van der Waals surface area contributed by atoms with Crippen molar-refractivity contribution in [3.8, 4) is 0 Å². The predicted octanol–water partition coefficient (Wildman–Crippen LogP) is 1.58. The number of hydrogen-bond donors (Lipinski definition) is 2. The smallest absolute Gasteiger partial charge is 0.328 e. The Labute approximate surface area is 101 Å². The van der Waals surface area contributed by atoms with Gasteiger partial charge in [-0.3, -0.25) is 0 Å². The molecular formula is C11H12BrN3O. The normalized spacial score (nSPS) is 12.9. The first kappa shape index (κ1) is 11.3. The SMILES string of the molecule is CC(N)Cc1[nH]c(=O)nc2c(Br)cccc12. The van der Waals surface area contributed by atoms with E-state index in [1.807, 2.05) is 25.1 Å². The van der Waals surface area contributed by atoms with E-state index in [2.05, 4.69) is 25.9 Å². The third-order valence-corrected chi connectivity index (χ3v) is 2.95. The van der Waals surface area contributed by atoms with Gasteiger partial charge in [-0.1, -0.05) is 12.1 Å². The van der Waals surface area contributed by atoms with Crippen LogP contribution >= 0.6 is 15.9 Å². The average molecular weight is 282 g/mol. The van der Waals surface area contributed by atoms with Crippen molar-refractivity contribution in [3.05, 3.63) is 38.9 Å². The van der Waals surface area contributed by atoms with Crippen molar-refractivity contribution < 1.29 is 0 Å². The molecule has 0 aliphatic carbocycles. The number of rotatable bonds is 2. The van der Waals surface area contributed by atoms with Crippen molar-refractivity contribution in [3.63, 3.8) is 0 Å². The lowest BCUT2D eigenvalue weighted by Crippen LogP contribution is -2.22. The molecule has 16 heavy (non-hydrogen) atoms. The number of fused-ring (bicyclic) bond motifs is 1. The second-order valence-electron chi connectivity index (χ2n) is 3.84. The molecule has 0 spiro atoms. The van der Waals surface area contributed by atoms with E-state index in [0.29, 0.717) is 11.9 Å². The minimum absolute atomic E-state index is 0.000214. The minimum atomic E-state index is -0.338. The van der Waals surface area contributed by atoms with E-state index in [1.165, 1.54) is 0 Å². The summed E-state index contributed by atoms with van der Waals surface area (Å²) in [5, 5.41) is 0.936. The number of aromatic nitrogens is 2. The van der Waals surface area contributed by atoms with E-state index < -0.39 is 0 Å². The lowest BCUT2D eigenvalue weighted by molar-refractivity contribution is 0.722. The highest BCUT2D eigenvalue weighted by molar-refractivity contribution is 9.10. The topological polar surface area (TPSA) is 71.8 Å². The molecule has 5 heteroatoms. The van der Waals surface area contributed by atoms with Crippen LogP contribution in [0.5, 0.6) is 0 Å². The van der Waals surface area contributed by atoms with Gasteiger partial charge in [0, 0.05) is 28.0 Å². The van der Waals surface area contributed by atoms with Gasteiger partial charge in [-0.15, -0.1) is 0 Å². The van der Waals surface area contributed by atoms with Crippen LogP contribution in [-0.4, -0.2) is 16.0 Å². The van der Waals surface area contributed by atoms with Crippen LogP contribution in [0.15, 0.2) is 27.5 Å². The van der Waals surface area contributed by atoms with Crippen LogP contribution in [0.2, 0.25) is 0 Å². The number of nitrogens with two attached hydrogens (primary N) is 1. The molecule has 0 saturated carbocycles. The Morgan fingerprint density at radius 2 is 2.31 bits per heavy atom. The molecule has 0 amide bonds. The summed E-state index contributed by atoms with van der Waals surface area (Å²) >= 11 is 3.38. The Morgan fingerprint density at radius 1 is 1.56 bits per heavy atom. The van der Waals surface area contributed by atoms with Gasteiger partial charge in [-0.2, -0.15) is 4.98 Å². The Hall–Kier alpha value is -1.20. The maximum atomic E-state index is 11.4. The molecule has 0 radical (unpaired) electrons. The first-order valence-electron chi connectivity index (χ1n) is 5.01. The number of halogens is 1. The molecule has 2 rings (SSSR count). The van der Waals surface area contributed by atoms with Gasteiger partial charge in [-0.25, -0.2) is 4.79 Å². The molecule has 0 aliphatic rings. The summed E-state index contributed by atoms with van der Waals surface area (Å²) in [4.78, 5) is 18.1. The van der Waals surface area contributed by atoms with Crippen molar-refractivity contribution in [1.82, 2.24) is 9.97 Å². The summed E-state index contributed by atoms with van der Waals surface area (Å²) in [7, 11) is 0. The van der Waals surface area contributed by atoms with Crippen LogP contribution in [0.1, 0.15) is 12.6 Å². The van der Waals surface area contributed by atoms with Gasteiger partial charge in [0.25, 0.3) is 0 Å². The molecule has 1 aromatic carbocycles. The van der Waals surface area contributed by atoms with Crippen LogP contribution < -0.4 is 11.4 Å². The number of nitrogens with one attached hydrogen (secondary N) is 1. The minimum Gasteiger partial charge on any atom is -0.328 e. The highest BCUT2D eigenvalue weighted by Crippen LogP contribution is 2.22. The highest BCUT2D eigenvalue weighted by Gasteiger charge is 2.08. The third kappa shape index (κ3) is 2.15. The zero-order valence-corrected chi connectivity index (χ0v) is 10.4. The second kappa shape index (κ2) is 4.35. The molecule has 1 heterocycles. The molecule has 0 saturated heterocycles. The fourth-order valence-corrected chi connectivity index (χ4v) is 2.14. The fraction of sp³-hybridized carbons (Fsp3) is 0.273. The molecular weight excluding hydrogens is 270 g/mol. The van der Waals surface area contributed by atoms with Gasteiger partial charge < -0.3 is 10.7 Å². The van der Waals surface area contributed by atoms with Crippen LogP contribution in [0.4, 0.5) is 0 Å². The van der Waals surface area contributed by atoms with E-state index in [-0.39, 0.29) is 11.7 Å². The number of aromatic amines is 1. The largest absolute Gasteiger partial charge is 0.345 e. The number of H-pyrrole nitrogens is 1. The molecule has 0 bridgehead atoms. The summed E-state index contributed by atoms with van der Waals surface area (Å²) in [6, 6.07) is 5.71. The Kier molecular flexibility index (Phi) is 3.07. The number of nitrogens with zero attached hydrogens (tertiary/aromatic N) is 1. The number of benzene rings is 1. The standard InChI is InChI=1S/C11H12BrN3O/c1-6(13)5-9-7-3-2-4-8(12)10(7)15-11(16)14-9/h2-4,6H,5,13H2,1H3,(H,14,15,16). The van der Waals surface area contributed by atoms with E-state index in [0.717, 1.165) is 15.6 Å². The van der Waals surface area contributed by atoms with E-state index >= 15 is 0 Å².